The molecule has 2 aliphatic rings. The normalized spacial score (nSPS) is 13.1. The average molecular weight is 725 g/mol. The highest BCUT2D eigenvalue weighted by Gasteiger charge is 2.51. The van der Waals surface area contributed by atoms with Gasteiger partial charge in [0.25, 0.3) is 0 Å². The lowest BCUT2D eigenvalue weighted by Gasteiger charge is -2.32. The van der Waals surface area contributed by atoms with Crippen LogP contribution in [0.3, 0.4) is 0 Å². The van der Waals surface area contributed by atoms with Crippen molar-refractivity contribution in [3.05, 3.63) is 241 Å². The van der Waals surface area contributed by atoms with Gasteiger partial charge in [0.15, 0.2) is 0 Å². The molecule has 12 rings (SSSR count). The lowest BCUT2D eigenvalue weighted by molar-refractivity contribution is 0.793. The Kier molecular flexibility index (Phi) is 6.88. The van der Waals surface area contributed by atoms with Crippen LogP contribution in [0.4, 0.5) is 17.1 Å². The summed E-state index contributed by atoms with van der Waals surface area (Å²) in [6.07, 6.45) is 0. The van der Waals surface area contributed by atoms with Gasteiger partial charge in [0.2, 0.25) is 0 Å². The third-order valence-corrected chi connectivity index (χ3v) is 12.4. The first kappa shape index (κ1) is 31.9. The molecule has 2 aliphatic carbocycles. The fraction of sp³-hybridized carbons (Fsp3) is 0.0182. The van der Waals surface area contributed by atoms with Crippen molar-refractivity contribution in [2.75, 3.05) is 4.90 Å². The minimum absolute atomic E-state index is 0.437. The lowest BCUT2D eigenvalue weighted by atomic mass is 9.70. The molecule has 0 N–H and O–H groups in total. The van der Waals surface area contributed by atoms with Crippen LogP contribution in [0.15, 0.2) is 218 Å². The molecule has 0 bridgehead atoms. The molecule has 1 spiro atoms. The SMILES string of the molecule is c1ccc(-c2ccc(N(c3ccccc3)c3ccc4c(c3)C3(c5ccccc5-c5ccccc53)c3ccccc3-4)c3c4ccccc4n(-c4ccccc4)c23)cc1. The molecule has 1 aromatic heterocycles. The van der Waals surface area contributed by atoms with Crippen molar-refractivity contribution in [2.45, 2.75) is 5.41 Å². The van der Waals surface area contributed by atoms with Crippen LogP contribution in [0, 0.1) is 0 Å². The molecule has 0 saturated heterocycles. The van der Waals surface area contributed by atoms with Gasteiger partial charge in [-0.05, 0) is 98.6 Å². The van der Waals surface area contributed by atoms with Crippen LogP contribution in [-0.4, -0.2) is 4.57 Å². The van der Waals surface area contributed by atoms with E-state index < -0.39 is 5.41 Å². The highest BCUT2D eigenvalue weighted by molar-refractivity contribution is 6.20. The third-order valence-electron chi connectivity index (χ3n) is 12.4. The smallest absolute Gasteiger partial charge is 0.0726 e. The molecule has 0 aliphatic heterocycles. The number of anilines is 3. The zero-order valence-electron chi connectivity index (χ0n) is 31.2. The van der Waals surface area contributed by atoms with Gasteiger partial charge >= 0.3 is 0 Å². The van der Waals surface area contributed by atoms with E-state index in [2.05, 4.69) is 228 Å². The maximum absolute atomic E-state index is 2.49. The predicted octanol–water partition coefficient (Wildman–Crippen LogP) is 14.3. The second kappa shape index (κ2) is 12.3. The quantitative estimate of drug-likeness (QED) is 0.172. The molecule has 2 heteroatoms. The van der Waals surface area contributed by atoms with Crippen LogP contribution in [0.25, 0.3) is 60.9 Å². The first-order valence-corrected chi connectivity index (χ1v) is 19.8. The van der Waals surface area contributed by atoms with Crippen molar-refractivity contribution in [3.63, 3.8) is 0 Å². The Balaban J connectivity index is 1.19. The Morgan fingerprint density at radius 1 is 0.368 bits per heavy atom. The van der Waals surface area contributed by atoms with Gasteiger partial charge < -0.3 is 9.47 Å². The molecule has 1 heterocycles. The van der Waals surface area contributed by atoms with E-state index in [-0.39, 0.29) is 0 Å². The van der Waals surface area contributed by atoms with E-state index in [1.165, 1.54) is 77.4 Å². The van der Waals surface area contributed by atoms with Gasteiger partial charge in [-0.2, -0.15) is 0 Å². The van der Waals surface area contributed by atoms with Crippen molar-refractivity contribution in [1.82, 2.24) is 4.57 Å². The number of nitrogens with zero attached hydrogens (tertiary/aromatic N) is 2. The maximum atomic E-state index is 2.49. The Labute approximate surface area is 332 Å². The monoisotopic (exact) mass is 724 g/mol. The highest BCUT2D eigenvalue weighted by Crippen LogP contribution is 2.63. The predicted molar refractivity (Wildman–Crippen MR) is 237 cm³/mol. The summed E-state index contributed by atoms with van der Waals surface area (Å²) in [5.74, 6) is 0. The van der Waals surface area contributed by atoms with Gasteiger partial charge in [-0.15, -0.1) is 0 Å². The molecular weight excluding hydrogens is 689 g/mol. The van der Waals surface area contributed by atoms with Crippen LogP contribution in [0.5, 0.6) is 0 Å². The molecular formula is C55H36N2. The molecule has 0 fully saturated rings. The lowest BCUT2D eigenvalue weighted by Crippen LogP contribution is -2.26. The Bertz CT molecular complexity index is 3110. The van der Waals surface area contributed by atoms with Gasteiger partial charge in [0, 0.05) is 33.4 Å². The van der Waals surface area contributed by atoms with Crippen molar-refractivity contribution in [1.29, 1.82) is 0 Å². The van der Waals surface area contributed by atoms with E-state index in [1.54, 1.807) is 0 Å². The molecule has 9 aromatic carbocycles. The first-order chi connectivity index (χ1) is 28.3. The molecule has 0 amide bonds. The zero-order valence-corrected chi connectivity index (χ0v) is 31.2. The van der Waals surface area contributed by atoms with Crippen LogP contribution in [0.2, 0.25) is 0 Å². The summed E-state index contributed by atoms with van der Waals surface area (Å²) in [5, 5.41) is 2.43. The van der Waals surface area contributed by atoms with Crippen molar-refractivity contribution < 1.29 is 0 Å². The van der Waals surface area contributed by atoms with E-state index >= 15 is 0 Å². The van der Waals surface area contributed by atoms with Gasteiger partial charge in [-0.3, -0.25) is 0 Å². The summed E-state index contributed by atoms with van der Waals surface area (Å²) in [6, 6.07) is 80.4. The second-order valence-corrected chi connectivity index (χ2v) is 15.2. The minimum Gasteiger partial charge on any atom is -0.310 e. The molecule has 0 atom stereocenters. The molecule has 57 heavy (non-hydrogen) atoms. The molecule has 0 saturated carbocycles. The average Bonchev–Trinajstić information content (AvgIpc) is 3.90. The van der Waals surface area contributed by atoms with Gasteiger partial charge in [-0.25, -0.2) is 0 Å². The van der Waals surface area contributed by atoms with E-state index in [0.29, 0.717) is 0 Å². The topological polar surface area (TPSA) is 8.17 Å². The Hall–Kier alpha value is -7.42. The van der Waals surface area contributed by atoms with Gasteiger partial charge in [0.05, 0.1) is 22.1 Å². The van der Waals surface area contributed by atoms with Gasteiger partial charge in [0.1, 0.15) is 0 Å². The largest absolute Gasteiger partial charge is 0.310 e. The molecule has 0 unspecified atom stereocenters. The molecule has 266 valence electrons. The standard InChI is InChI=1S/C55H36N2/c1-4-18-37(19-5-1)41-34-35-52(53-46-27-13-17-31-51(46)57(54(41)53)39-22-8-3-9-23-39)56(38-20-6-2-7-21-38)40-32-33-45-44-26-12-16-30-49(44)55(50(45)36-40)47-28-14-10-24-42(47)43-25-11-15-29-48(43)55/h1-36H. The summed E-state index contributed by atoms with van der Waals surface area (Å²) >= 11 is 0. The van der Waals surface area contributed by atoms with E-state index in [4.69, 9.17) is 0 Å². The second-order valence-electron chi connectivity index (χ2n) is 15.2. The Morgan fingerprint density at radius 3 is 1.53 bits per heavy atom. The number of hydrogen-bond acceptors (Lipinski definition) is 1. The summed E-state index contributed by atoms with van der Waals surface area (Å²) in [4.78, 5) is 2.49. The highest BCUT2D eigenvalue weighted by atomic mass is 15.1. The zero-order chi connectivity index (χ0) is 37.5. The molecule has 10 aromatic rings. The maximum Gasteiger partial charge on any atom is 0.0726 e. The van der Waals surface area contributed by atoms with Crippen molar-refractivity contribution >= 4 is 38.9 Å². The Morgan fingerprint density at radius 2 is 0.877 bits per heavy atom. The van der Waals surface area contributed by atoms with Gasteiger partial charge in [-0.1, -0.05) is 170 Å². The number of fused-ring (bicyclic) bond motifs is 13. The molecule has 0 radical (unpaired) electrons. The number of para-hydroxylation sites is 3. The van der Waals surface area contributed by atoms with E-state index in [1.807, 2.05) is 0 Å². The fourth-order valence-electron chi connectivity index (χ4n) is 10.2. The third kappa shape index (κ3) is 4.41. The summed E-state index contributed by atoms with van der Waals surface area (Å²) in [7, 11) is 0. The van der Waals surface area contributed by atoms with Crippen molar-refractivity contribution in [2.24, 2.45) is 0 Å². The first-order valence-electron chi connectivity index (χ1n) is 19.8. The number of aromatic nitrogens is 1. The van der Waals surface area contributed by atoms with Crippen LogP contribution in [0.1, 0.15) is 22.3 Å². The van der Waals surface area contributed by atoms with Crippen LogP contribution >= 0.6 is 0 Å². The summed E-state index contributed by atoms with van der Waals surface area (Å²) < 4.78 is 2.46. The number of hydrogen-bond donors (Lipinski definition) is 0. The summed E-state index contributed by atoms with van der Waals surface area (Å²) in [6.45, 7) is 0. The van der Waals surface area contributed by atoms with Crippen LogP contribution in [-0.2, 0) is 5.41 Å². The number of benzene rings is 9. The summed E-state index contributed by atoms with van der Waals surface area (Å²) in [5.41, 5.74) is 19.4. The van der Waals surface area contributed by atoms with E-state index in [0.717, 1.165) is 22.7 Å². The van der Waals surface area contributed by atoms with Crippen molar-refractivity contribution in [3.8, 4) is 39.1 Å². The minimum atomic E-state index is -0.437. The number of rotatable bonds is 5. The van der Waals surface area contributed by atoms with E-state index in [9.17, 15) is 0 Å². The molecule has 2 nitrogen and oxygen atoms in total. The van der Waals surface area contributed by atoms with Crippen LogP contribution < -0.4 is 4.90 Å². The fourth-order valence-corrected chi connectivity index (χ4v) is 10.2.